The van der Waals surface area contributed by atoms with Crippen LogP contribution in [0.1, 0.15) is 36.0 Å². The van der Waals surface area contributed by atoms with Gasteiger partial charge in [0, 0.05) is 6.61 Å². The molecule has 0 aliphatic carbocycles. The molecule has 100 valence electrons. The number of hydrogen-bond donors (Lipinski definition) is 2. The Morgan fingerprint density at radius 3 is 2.56 bits per heavy atom. The Bertz CT molecular complexity index is 366. The summed E-state index contributed by atoms with van der Waals surface area (Å²) in [4.78, 5) is 0. The molecular formula is C15H24N2O. The standard InChI is InChI=1S/C15H24N2O/c1-11-7-12(2)9-13(8-11)10-14(17-16)15-5-3-4-6-18-15/h7-9,14-15,17H,3-6,10,16H2,1-2H3. The number of aryl methyl sites for hydroxylation is 2. The maximum absolute atomic E-state index is 5.82. The highest BCUT2D eigenvalue weighted by Crippen LogP contribution is 2.19. The van der Waals surface area contributed by atoms with Crippen molar-refractivity contribution in [2.75, 3.05) is 6.61 Å². The third kappa shape index (κ3) is 3.55. The van der Waals surface area contributed by atoms with Crippen LogP contribution in [0.3, 0.4) is 0 Å². The molecule has 1 fully saturated rings. The quantitative estimate of drug-likeness (QED) is 0.634. The van der Waals surface area contributed by atoms with Gasteiger partial charge in [-0.25, -0.2) is 0 Å². The van der Waals surface area contributed by atoms with E-state index < -0.39 is 0 Å². The molecule has 0 radical (unpaired) electrons. The SMILES string of the molecule is Cc1cc(C)cc(CC(NN)C2CCCCO2)c1. The van der Waals surface area contributed by atoms with E-state index in [1.54, 1.807) is 0 Å². The summed E-state index contributed by atoms with van der Waals surface area (Å²) in [5.74, 6) is 5.70. The van der Waals surface area contributed by atoms with E-state index in [0.29, 0.717) is 0 Å². The van der Waals surface area contributed by atoms with Gasteiger partial charge in [-0.3, -0.25) is 11.3 Å². The van der Waals surface area contributed by atoms with Crippen molar-refractivity contribution < 1.29 is 4.74 Å². The molecule has 1 aliphatic heterocycles. The summed E-state index contributed by atoms with van der Waals surface area (Å²) in [5.41, 5.74) is 6.89. The van der Waals surface area contributed by atoms with Gasteiger partial charge in [0.1, 0.15) is 0 Å². The fraction of sp³-hybridized carbons (Fsp3) is 0.600. The van der Waals surface area contributed by atoms with Gasteiger partial charge in [-0.2, -0.15) is 0 Å². The first-order valence-corrected chi connectivity index (χ1v) is 6.84. The number of rotatable bonds is 4. The minimum atomic E-state index is 0.214. The normalized spacial score (nSPS) is 21.8. The van der Waals surface area contributed by atoms with Crippen LogP contribution in [-0.4, -0.2) is 18.8 Å². The molecule has 0 bridgehead atoms. The van der Waals surface area contributed by atoms with Crippen LogP contribution in [0.2, 0.25) is 0 Å². The molecule has 3 nitrogen and oxygen atoms in total. The first kappa shape index (κ1) is 13.5. The molecule has 2 rings (SSSR count). The van der Waals surface area contributed by atoms with Crippen molar-refractivity contribution in [1.29, 1.82) is 0 Å². The lowest BCUT2D eigenvalue weighted by Crippen LogP contribution is -2.47. The molecule has 1 saturated heterocycles. The van der Waals surface area contributed by atoms with Gasteiger partial charge < -0.3 is 4.74 Å². The van der Waals surface area contributed by atoms with Crippen molar-refractivity contribution in [2.45, 2.75) is 51.7 Å². The van der Waals surface area contributed by atoms with Crippen molar-refractivity contribution in [3.8, 4) is 0 Å². The predicted octanol–water partition coefficient (Wildman–Crippen LogP) is 2.25. The number of benzene rings is 1. The van der Waals surface area contributed by atoms with Gasteiger partial charge in [-0.05, 0) is 45.1 Å². The molecular weight excluding hydrogens is 224 g/mol. The van der Waals surface area contributed by atoms with Crippen LogP contribution in [0.4, 0.5) is 0 Å². The fourth-order valence-corrected chi connectivity index (χ4v) is 2.82. The van der Waals surface area contributed by atoms with E-state index in [2.05, 4.69) is 37.5 Å². The van der Waals surface area contributed by atoms with E-state index in [4.69, 9.17) is 10.6 Å². The Labute approximate surface area is 110 Å². The van der Waals surface area contributed by atoms with Crippen molar-refractivity contribution in [3.05, 3.63) is 34.9 Å². The fourth-order valence-electron chi connectivity index (χ4n) is 2.82. The Balaban J connectivity index is 2.04. The Morgan fingerprint density at radius 2 is 2.00 bits per heavy atom. The second kappa shape index (κ2) is 6.32. The molecule has 1 aliphatic rings. The highest BCUT2D eigenvalue weighted by atomic mass is 16.5. The molecule has 1 aromatic carbocycles. The van der Waals surface area contributed by atoms with E-state index >= 15 is 0 Å². The topological polar surface area (TPSA) is 47.3 Å². The second-order valence-corrected chi connectivity index (χ2v) is 5.38. The molecule has 2 unspecified atom stereocenters. The molecule has 18 heavy (non-hydrogen) atoms. The summed E-state index contributed by atoms with van der Waals surface area (Å²) in [6.45, 7) is 5.15. The Kier molecular flexibility index (Phi) is 4.75. The summed E-state index contributed by atoms with van der Waals surface area (Å²) >= 11 is 0. The summed E-state index contributed by atoms with van der Waals surface area (Å²) in [6, 6.07) is 6.89. The van der Waals surface area contributed by atoms with Gasteiger partial charge in [0.25, 0.3) is 0 Å². The molecule has 3 N–H and O–H groups in total. The van der Waals surface area contributed by atoms with Gasteiger partial charge in [0.2, 0.25) is 0 Å². The zero-order chi connectivity index (χ0) is 13.0. The highest BCUT2D eigenvalue weighted by Gasteiger charge is 2.23. The molecule has 1 aromatic rings. The van der Waals surface area contributed by atoms with Gasteiger partial charge in [-0.15, -0.1) is 0 Å². The molecule has 0 aromatic heterocycles. The number of hydrogen-bond acceptors (Lipinski definition) is 3. The van der Waals surface area contributed by atoms with Crippen molar-refractivity contribution in [3.63, 3.8) is 0 Å². The van der Waals surface area contributed by atoms with E-state index in [0.717, 1.165) is 19.4 Å². The third-order valence-electron chi connectivity index (χ3n) is 3.61. The minimum Gasteiger partial charge on any atom is -0.377 e. The third-order valence-corrected chi connectivity index (χ3v) is 3.61. The molecule has 3 heteroatoms. The maximum atomic E-state index is 5.82. The lowest BCUT2D eigenvalue weighted by molar-refractivity contribution is -0.00744. The summed E-state index contributed by atoms with van der Waals surface area (Å²) in [6.07, 6.45) is 4.72. The van der Waals surface area contributed by atoms with Crippen LogP contribution < -0.4 is 11.3 Å². The first-order chi connectivity index (χ1) is 8.69. The molecule has 1 heterocycles. The average Bonchev–Trinajstić information content (AvgIpc) is 2.36. The highest BCUT2D eigenvalue weighted by molar-refractivity contribution is 5.29. The number of nitrogens with two attached hydrogens (primary N) is 1. The summed E-state index contributed by atoms with van der Waals surface area (Å²) < 4.78 is 5.82. The lowest BCUT2D eigenvalue weighted by Gasteiger charge is -2.30. The molecule has 0 amide bonds. The molecule has 0 spiro atoms. The van der Waals surface area contributed by atoms with Crippen LogP contribution in [-0.2, 0) is 11.2 Å². The van der Waals surface area contributed by atoms with E-state index in [-0.39, 0.29) is 12.1 Å². The van der Waals surface area contributed by atoms with Crippen molar-refractivity contribution in [1.82, 2.24) is 5.43 Å². The van der Waals surface area contributed by atoms with E-state index in [1.165, 1.54) is 29.5 Å². The predicted molar refractivity (Wildman–Crippen MR) is 74.3 cm³/mol. The van der Waals surface area contributed by atoms with Crippen LogP contribution in [0.5, 0.6) is 0 Å². The summed E-state index contributed by atoms with van der Waals surface area (Å²) in [5, 5.41) is 0. The number of hydrazine groups is 1. The average molecular weight is 248 g/mol. The van der Waals surface area contributed by atoms with Crippen LogP contribution in [0.25, 0.3) is 0 Å². The number of ether oxygens (including phenoxy) is 1. The van der Waals surface area contributed by atoms with Crippen LogP contribution in [0.15, 0.2) is 18.2 Å². The lowest BCUT2D eigenvalue weighted by atomic mass is 9.95. The zero-order valence-electron chi connectivity index (χ0n) is 11.4. The summed E-state index contributed by atoms with van der Waals surface area (Å²) in [7, 11) is 0. The largest absolute Gasteiger partial charge is 0.377 e. The second-order valence-electron chi connectivity index (χ2n) is 5.38. The molecule has 2 atom stereocenters. The minimum absolute atomic E-state index is 0.214. The zero-order valence-corrected chi connectivity index (χ0v) is 11.4. The Hall–Kier alpha value is -0.900. The number of nitrogens with one attached hydrogen (secondary N) is 1. The van der Waals surface area contributed by atoms with Gasteiger partial charge in [0.05, 0.1) is 12.1 Å². The van der Waals surface area contributed by atoms with Crippen LogP contribution in [0, 0.1) is 13.8 Å². The van der Waals surface area contributed by atoms with E-state index in [1.807, 2.05) is 0 Å². The smallest absolute Gasteiger partial charge is 0.0744 e. The Morgan fingerprint density at radius 1 is 1.28 bits per heavy atom. The van der Waals surface area contributed by atoms with Gasteiger partial charge >= 0.3 is 0 Å². The van der Waals surface area contributed by atoms with E-state index in [9.17, 15) is 0 Å². The van der Waals surface area contributed by atoms with Gasteiger partial charge in [0.15, 0.2) is 0 Å². The van der Waals surface area contributed by atoms with Crippen LogP contribution >= 0.6 is 0 Å². The van der Waals surface area contributed by atoms with Gasteiger partial charge in [-0.1, -0.05) is 29.3 Å². The first-order valence-electron chi connectivity index (χ1n) is 6.84. The van der Waals surface area contributed by atoms with Crippen molar-refractivity contribution >= 4 is 0 Å². The monoisotopic (exact) mass is 248 g/mol. The maximum Gasteiger partial charge on any atom is 0.0744 e. The molecule has 0 saturated carbocycles. The van der Waals surface area contributed by atoms with Crippen molar-refractivity contribution in [2.24, 2.45) is 5.84 Å².